The largest absolute Gasteiger partial charge is 0.486 e. The molecule has 1 aromatic heterocycles. The standard InChI is InChI=1S/C19H15F2NO/c1-13-8-15(6-7-17(13)20)16-9-14(10-22-11-16)12-23-19-5-3-2-4-18(19)21/h2-11H,12H2,1H3. The van der Waals surface area contributed by atoms with Crippen LogP contribution in [0, 0.1) is 18.6 Å². The SMILES string of the molecule is Cc1cc(-c2cncc(COc3ccccc3F)c2)ccc1F. The first-order chi connectivity index (χ1) is 11.1. The Bertz CT molecular complexity index is 833. The van der Waals surface area contributed by atoms with Crippen molar-refractivity contribution in [2.45, 2.75) is 13.5 Å². The van der Waals surface area contributed by atoms with Gasteiger partial charge in [-0.2, -0.15) is 0 Å². The fraction of sp³-hybridized carbons (Fsp3) is 0.105. The molecule has 2 nitrogen and oxygen atoms in total. The van der Waals surface area contributed by atoms with E-state index in [1.807, 2.05) is 6.07 Å². The second-order valence-electron chi connectivity index (χ2n) is 5.26. The van der Waals surface area contributed by atoms with Crippen molar-refractivity contribution in [2.24, 2.45) is 0 Å². The molecule has 0 saturated carbocycles. The van der Waals surface area contributed by atoms with Crippen LogP contribution in [-0.4, -0.2) is 4.98 Å². The fourth-order valence-electron chi connectivity index (χ4n) is 2.27. The molecule has 0 N–H and O–H groups in total. The number of benzene rings is 2. The lowest BCUT2D eigenvalue weighted by molar-refractivity contribution is 0.290. The molecule has 2 aromatic carbocycles. The van der Waals surface area contributed by atoms with Crippen LogP contribution >= 0.6 is 0 Å². The topological polar surface area (TPSA) is 22.1 Å². The van der Waals surface area contributed by atoms with E-state index in [2.05, 4.69) is 4.98 Å². The van der Waals surface area contributed by atoms with E-state index < -0.39 is 5.82 Å². The lowest BCUT2D eigenvalue weighted by Gasteiger charge is -2.09. The Labute approximate surface area is 133 Å². The van der Waals surface area contributed by atoms with Crippen LogP contribution in [0.15, 0.2) is 60.9 Å². The van der Waals surface area contributed by atoms with Gasteiger partial charge in [0.1, 0.15) is 12.4 Å². The zero-order valence-corrected chi connectivity index (χ0v) is 12.6. The van der Waals surface area contributed by atoms with Crippen LogP contribution in [0.2, 0.25) is 0 Å². The maximum absolute atomic E-state index is 13.5. The van der Waals surface area contributed by atoms with Crippen LogP contribution in [0.1, 0.15) is 11.1 Å². The van der Waals surface area contributed by atoms with Crippen LogP contribution in [0.3, 0.4) is 0 Å². The van der Waals surface area contributed by atoms with Crippen LogP contribution in [-0.2, 0) is 6.61 Å². The smallest absolute Gasteiger partial charge is 0.165 e. The fourth-order valence-corrected chi connectivity index (χ4v) is 2.27. The minimum atomic E-state index is -0.397. The summed E-state index contributed by atoms with van der Waals surface area (Å²) in [5.41, 5.74) is 3.13. The highest BCUT2D eigenvalue weighted by atomic mass is 19.1. The summed E-state index contributed by atoms with van der Waals surface area (Å²) in [5.74, 6) is -0.429. The van der Waals surface area contributed by atoms with Gasteiger partial charge in [0.05, 0.1) is 0 Å². The summed E-state index contributed by atoms with van der Waals surface area (Å²) in [4.78, 5) is 4.18. The number of aryl methyl sites for hydroxylation is 1. The number of ether oxygens (including phenoxy) is 1. The van der Waals surface area contributed by atoms with Gasteiger partial charge in [-0.1, -0.05) is 18.2 Å². The van der Waals surface area contributed by atoms with Crippen molar-refractivity contribution in [2.75, 3.05) is 0 Å². The van der Waals surface area contributed by atoms with Gasteiger partial charge in [-0.05, 0) is 48.4 Å². The molecule has 0 bridgehead atoms. The number of hydrogen-bond acceptors (Lipinski definition) is 2. The zero-order valence-electron chi connectivity index (χ0n) is 12.6. The molecule has 0 fully saturated rings. The number of pyridine rings is 1. The van der Waals surface area contributed by atoms with Crippen molar-refractivity contribution in [1.82, 2.24) is 4.98 Å². The first-order valence-electron chi connectivity index (χ1n) is 7.21. The molecule has 0 spiro atoms. The maximum Gasteiger partial charge on any atom is 0.165 e. The molecule has 0 unspecified atom stereocenters. The highest BCUT2D eigenvalue weighted by Crippen LogP contribution is 2.23. The average molecular weight is 311 g/mol. The molecular formula is C19H15F2NO. The van der Waals surface area contributed by atoms with E-state index >= 15 is 0 Å². The predicted molar refractivity (Wildman–Crippen MR) is 85.1 cm³/mol. The molecule has 4 heteroatoms. The van der Waals surface area contributed by atoms with Gasteiger partial charge in [-0.15, -0.1) is 0 Å². The molecule has 0 aliphatic carbocycles. The number of nitrogens with zero attached hydrogens (tertiary/aromatic N) is 1. The monoisotopic (exact) mass is 311 g/mol. The van der Waals surface area contributed by atoms with Crippen molar-refractivity contribution >= 4 is 0 Å². The minimum Gasteiger partial charge on any atom is -0.486 e. The Morgan fingerprint density at radius 2 is 1.74 bits per heavy atom. The van der Waals surface area contributed by atoms with E-state index in [9.17, 15) is 8.78 Å². The number of para-hydroxylation sites is 1. The minimum absolute atomic E-state index is 0.204. The van der Waals surface area contributed by atoms with Crippen molar-refractivity contribution in [3.8, 4) is 16.9 Å². The van der Waals surface area contributed by atoms with Gasteiger partial charge in [0.25, 0.3) is 0 Å². The second kappa shape index (κ2) is 6.57. The summed E-state index contributed by atoms with van der Waals surface area (Å²) in [6.07, 6.45) is 3.38. The van der Waals surface area contributed by atoms with Gasteiger partial charge in [-0.3, -0.25) is 4.98 Å². The summed E-state index contributed by atoms with van der Waals surface area (Å²) in [5, 5.41) is 0. The molecule has 0 saturated heterocycles. The summed E-state index contributed by atoms with van der Waals surface area (Å²) in [6.45, 7) is 1.93. The third-order valence-corrected chi connectivity index (χ3v) is 3.52. The highest BCUT2D eigenvalue weighted by Gasteiger charge is 2.06. The molecule has 0 amide bonds. The van der Waals surface area contributed by atoms with Gasteiger partial charge < -0.3 is 4.74 Å². The van der Waals surface area contributed by atoms with E-state index in [1.54, 1.807) is 49.6 Å². The van der Waals surface area contributed by atoms with Gasteiger partial charge in [-0.25, -0.2) is 8.78 Å². The third-order valence-electron chi connectivity index (χ3n) is 3.52. The average Bonchev–Trinajstić information content (AvgIpc) is 2.57. The molecule has 3 aromatic rings. The van der Waals surface area contributed by atoms with Crippen LogP contribution in [0.25, 0.3) is 11.1 Å². The third kappa shape index (κ3) is 3.54. The van der Waals surface area contributed by atoms with Crippen molar-refractivity contribution in [1.29, 1.82) is 0 Å². The second-order valence-corrected chi connectivity index (χ2v) is 5.26. The highest BCUT2D eigenvalue weighted by molar-refractivity contribution is 5.63. The van der Waals surface area contributed by atoms with Crippen LogP contribution < -0.4 is 4.74 Å². The molecule has 23 heavy (non-hydrogen) atoms. The Hall–Kier alpha value is -2.75. The molecule has 1 heterocycles. The zero-order chi connectivity index (χ0) is 16.2. The first kappa shape index (κ1) is 15.2. The Morgan fingerprint density at radius 3 is 2.52 bits per heavy atom. The molecule has 0 radical (unpaired) electrons. The lowest BCUT2D eigenvalue weighted by atomic mass is 10.0. The lowest BCUT2D eigenvalue weighted by Crippen LogP contribution is -1.98. The van der Waals surface area contributed by atoms with Gasteiger partial charge in [0.2, 0.25) is 0 Å². The Balaban J connectivity index is 1.80. The van der Waals surface area contributed by atoms with Gasteiger partial charge in [0.15, 0.2) is 11.6 Å². The normalized spacial score (nSPS) is 10.6. The number of hydrogen-bond donors (Lipinski definition) is 0. The quantitative estimate of drug-likeness (QED) is 0.682. The maximum atomic E-state index is 13.5. The summed E-state index contributed by atoms with van der Waals surface area (Å²) < 4.78 is 32.4. The predicted octanol–water partition coefficient (Wildman–Crippen LogP) is 4.91. The van der Waals surface area contributed by atoms with E-state index in [1.165, 1.54) is 12.1 Å². The number of rotatable bonds is 4. The molecule has 0 aliphatic rings. The van der Waals surface area contributed by atoms with E-state index in [0.29, 0.717) is 5.56 Å². The van der Waals surface area contributed by atoms with Crippen molar-refractivity contribution in [3.05, 3.63) is 83.7 Å². The molecular weight excluding hydrogens is 296 g/mol. The first-order valence-corrected chi connectivity index (χ1v) is 7.21. The Morgan fingerprint density at radius 1 is 0.913 bits per heavy atom. The molecule has 0 aliphatic heterocycles. The summed E-state index contributed by atoms with van der Waals surface area (Å²) >= 11 is 0. The summed E-state index contributed by atoms with van der Waals surface area (Å²) in [7, 11) is 0. The van der Waals surface area contributed by atoms with Crippen molar-refractivity contribution in [3.63, 3.8) is 0 Å². The van der Waals surface area contributed by atoms with Gasteiger partial charge >= 0.3 is 0 Å². The number of halogens is 2. The van der Waals surface area contributed by atoms with Crippen LogP contribution in [0.4, 0.5) is 8.78 Å². The van der Waals surface area contributed by atoms with Crippen LogP contribution in [0.5, 0.6) is 5.75 Å². The van der Waals surface area contributed by atoms with E-state index in [0.717, 1.165) is 16.7 Å². The van der Waals surface area contributed by atoms with Gasteiger partial charge in [0, 0.05) is 23.5 Å². The number of aromatic nitrogens is 1. The molecule has 0 atom stereocenters. The summed E-state index contributed by atoms with van der Waals surface area (Å²) in [6, 6.07) is 13.1. The van der Waals surface area contributed by atoms with E-state index in [-0.39, 0.29) is 18.2 Å². The molecule has 3 rings (SSSR count). The van der Waals surface area contributed by atoms with E-state index in [4.69, 9.17) is 4.74 Å². The molecule has 116 valence electrons. The Kier molecular flexibility index (Phi) is 4.33. The van der Waals surface area contributed by atoms with Crippen molar-refractivity contribution < 1.29 is 13.5 Å².